The number of carbonyl (C=O) groups is 1. The third-order valence-corrected chi connectivity index (χ3v) is 4.45. The van der Waals surface area contributed by atoms with Crippen molar-refractivity contribution < 1.29 is 4.79 Å². The van der Waals surface area contributed by atoms with Crippen molar-refractivity contribution in [2.24, 2.45) is 0 Å². The van der Waals surface area contributed by atoms with Crippen LogP contribution in [0.15, 0.2) is 73.2 Å². The summed E-state index contributed by atoms with van der Waals surface area (Å²) in [7, 11) is 0. The summed E-state index contributed by atoms with van der Waals surface area (Å²) in [6.45, 7) is 0.0778. The normalized spacial score (nSPS) is 11.1. The summed E-state index contributed by atoms with van der Waals surface area (Å²) in [5.74, 6) is 0.534. The lowest BCUT2D eigenvalue weighted by atomic mass is 10.3. The van der Waals surface area contributed by atoms with Gasteiger partial charge in [0.1, 0.15) is 24.2 Å². The molecule has 0 radical (unpaired) electrons. The zero-order valence-corrected chi connectivity index (χ0v) is 14.7. The first-order chi connectivity index (χ1) is 13.8. The fraction of sp³-hybridized carbons (Fsp3) is 0.0500. The second kappa shape index (κ2) is 6.58. The topological polar surface area (TPSA) is 90.5 Å². The lowest BCUT2D eigenvalue weighted by Crippen LogP contribution is -2.19. The number of rotatable bonds is 4. The van der Waals surface area contributed by atoms with Crippen LogP contribution in [0, 0.1) is 0 Å². The van der Waals surface area contributed by atoms with E-state index in [1.54, 1.807) is 17.2 Å². The monoisotopic (exact) mass is 369 g/mol. The Hall–Kier alpha value is -4.07. The zero-order valence-electron chi connectivity index (χ0n) is 14.7. The molecule has 0 bridgehead atoms. The average Bonchev–Trinajstić information content (AvgIpc) is 3.33. The summed E-state index contributed by atoms with van der Waals surface area (Å²) in [4.78, 5) is 21.2. The molecule has 3 heterocycles. The second-order valence-corrected chi connectivity index (χ2v) is 6.29. The van der Waals surface area contributed by atoms with Crippen LogP contribution in [-0.2, 0) is 11.3 Å². The van der Waals surface area contributed by atoms with Crippen molar-refractivity contribution in [3.05, 3.63) is 73.2 Å². The van der Waals surface area contributed by atoms with Gasteiger partial charge in [0.25, 0.3) is 0 Å². The highest BCUT2D eigenvalue weighted by Gasteiger charge is 2.10. The Kier molecular flexibility index (Phi) is 3.79. The molecule has 0 saturated carbocycles. The molecule has 0 fully saturated rings. The number of nitrogens with one attached hydrogen (secondary N) is 1. The van der Waals surface area contributed by atoms with E-state index in [2.05, 4.69) is 25.6 Å². The Bertz CT molecular complexity index is 1290. The van der Waals surface area contributed by atoms with E-state index in [0.717, 1.165) is 27.9 Å². The zero-order chi connectivity index (χ0) is 18.9. The highest BCUT2D eigenvalue weighted by atomic mass is 16.2. The summed E-state index contributed by atoms with van der Waals surface area (Å²) in [6.07, 6.45) is 3.36. The number of aromatic nitrogens is 6. The number of amides is 1. The summed E-state index contributed by atoms with van der Waals surface area (Å²) in [5, 5.41) is 10.9. The minimum atomic E-state index is -0.196. The number of hydrogen-bond donors (Lipinski definition) is 1. The smallest absolute Gasteiger partial charge is 0.246 e. The van der Waals surface area contributed by atoms with Crippen molar-refractivity contribution in [1.82, 2.24) is 29.5 Å². The lowest BCUT2D eigenvalue weighted by molar-refractivity contribution is -0.116. The highest BCUT2D eigenvalue weighted by Crippen LogP contribution is 2.17. The van der Waals surface area contributed by atoms with Gasteiger partial charge in [-0.1, -0.05) is 29.5 Å². The molecule has 8 heteroatoms. The quantitative estimate of drug-likeness (QED) is 0.526. The van der Waals surface area contributed by atoms with Crippen molar-refractivity contribution in [3.8, 4) is 5.82 Å². The number of para-hydroxylation sites is 3. The molecular weight excluding hydrogens is 354 g/mol. The van der Waals surface area contributed by atoms with Crippen LogP contribution >= 0.6 is 0 Å². The van der Waals surface area contributed by atoms with Gasteiger partial charge in [0.2, 0.25) is 5.91 Å². The first kappa shape index (κ1) is 16.1. The first-order valence-corrected chi connectivity index (χ1v) is 8.74. The molecule has 1 N–H and O–H groups in total. The predicted molar refractivity (Wildman–Crippen MR) is 105 cm³/mol. The number of pyridine rings is 1. The van der Waals surface area contributed by atoms with Crippen LogP contribution in [0.1, 0.15) is 0 Å². The van der Waals surface area contributed by atoms with Gasteiger partial charge < -0.3 is 5.32 Å². The Balaban J connectivity index is 1.33. The van der Waals surface area contributed by atoms with Gasteiger partial charge in [0.05, 0.1) is 28.4 Å². The average molecular weight is 369 g/mol. The Morgan fingerprint density at radius 1 is 0.893 bits per heavy atom. The first-order valence-electron chi connectivity index (χ1n) is 8.74. The van der Waals surface area contributed by atoms with E-state index in [1.807, 2.05) is 65.2 Å². The fourth-order valence-electron chi connectivity index (χ4n) is 3.11. The number of carbonyl (C=O) groups excluding carboxylic acids is 1. The van der Waals surface area contributed by atoms with E-state index in [0.29, 0.717) is 5.69 Å². The van der Waals surface area contributed by atoms with E-state index >= 15 is 0 Å². The summed E-state index contributed by atoms with van der Waals surface area (Å²) in [5.41, 5.74) is 4.07. The van der Waals surface area contributed by atoms with E-state index in [9.17, 15) is 4.79 Å². The number of hydrogen-bond acceptors (Lipinski definition) is 5. The van der Waals surface area contributed by atoms with Gasteiger partial charge in [-0.25, -0.2) is 14.6 Å². The highest BCUT2D eigenvalue weighted by molar-refractivity contribution is 5.91. The Morgan fingerprint density at radius 3 is 2.50 bits per heavy atom. The molecule has 2 aromatic carbocycles. The Labute approximate surface area is 159 Å². The SMILES string of the molecule is O=C(Cn1nnc2ccccc21)Nc1ccc(-n2cnc3ccccc32)nc1. The number of benzene rings is 2. The fourth-order valence-corrected chi connectivity index (χ4v) is 3.11. The summed E-state index contributed by atoms with van der Waals surface area (Å²) < 4.78 is 3.48. The number of nitrogens with zero attached hydrogens (tertiary/aromatic N) is 6. The van der Waals surface area contributed by atoms with Crippen molar-refractivity contribution >= 4 is 33.7 Å². The van der Waals surface area contributed by atoms with E-state index in [4.69, 9.17) is 0 Å². The van der Waals surface area contributed by atoms with Crippen molar-refractivity contribution in [1.29, 1.82) is 0 Å². The standard InChI is InChI=1S/C20H15N7O/c28-20(12-27-18-8-4-2-6-16(18)24-25-27)23-14-9-10-19(21-11-14)26-13-22-15-5-1-3-7-17(15)26/h1-11,13H,12H2,(H,23,28). The summed E-state index contributed by atoms with van der Waals surface area (Å²) >= 11 is 0. The van der Waals surface area contributed by atoms with Crippen molar-refractivity contribution in [3.63, 3.8) is 0 Å². The van der Waals surface area contributed by atoms with Crippen LogP contribution in [0.5, 0.6) is 0 Å². The van der Waals surface area contributed by atoms with Gasteiger partial charge in [0, 0.05) is 0 Å². The maximum atomic E-state index is 12.4. The third-order valence-electron chi connectivity index (χ3n) is 4.45. The van der Waals surface area contributed by atoms with Gasteiger partial charge in [0.15, 0.2) is 0 Å². The molecule has 1 amide bonds. The number of anilines is 1. The molecule has 5 rings (SSSR count). The lowest BCUT2D eigenvalue weighted by Gasteiger charge is -2.07. The van der Waals surface area contributed by atoms with Crippen LogP contribution in [0.25, 0.3) is 27.9 Å². The molecule has 28 heavy (non-hydrogen) atoms. The number of fused-ring (bicyclic) bond motifs is 2. The van der Waals surface area contributed by atoms with E-state index in [-0.39, 0.29) is 12.5 Å². The minimum absolute atomic E-state index is 0.0778. The molecular formula is C20H15N7O. The molecule has 0 spiro atoms. The van der Waals surface area contributed by atoms with Gasteiger partial charge >= 0.3 is 0 Å². The van der Waals surface area contributed by atoms with Crippen LogP contribution in [-0.4, -0.2) is 35.4 Å². The number of imidazole rings is 1. The molecule has 0 saturated heterocycles. The Morgan fingerprint density at radius 2 is 1.68 bits per heavy atom. The van der Waals surface area contributed by atoms with Crippen molar-refractivity contribution in [2.75, 3.05) is 5.32 Å². The van der Waals surface area contributed by atoms with E-state index < -0.39 is 0 Å². The molecule has 0 aliphatic rings. The molecule has 136 valence electrons. The van der Waals surface area contributed by atoms with Gasteiger partial charge in [-0.05, 0) is 36.4 Å². The maximum absolute atomic E-state index is 12.4. The van der Waals surface area contributed by atoms with E-state index in [1.165, 1.54) is 0 Å². The largest absolute Gasteiger partial charge is 0.323 e. The molecule has 3 aromatic heterocycles. The minimum Gasteiger partial charge on any atom is -0.323 e. The van der Waals surface area contributed by atoms with Crippen LogP contribution in [0.2, 0.25) is 0 Å². The molecule has 0 aliphatic carbocycles. The predicted octanol–water partition coefficient (Wildman–Crippen LogP) is 2.80. The molecule has 0 atom stereocenters. The maximum Gasteiger partial charge on any atom is 0.246 e. The molecule has 0 unspecified atom stereocenters. The second-order valence-electron chi connectivity index (χ2n) is 6.29. The van der Waals surface area contributed by atoms with Gasteiger partial charge in [-0.3, -0.25) is 9.36 Å². The molecule has 5 aromatic rings. The van der Waals surface area contributed by atoms with Crippen LogP contribution < -0.4 is 5.32 Å². The van der Waals surface area contributed by atoms with Gasteiger partial charge in [-0.15, -0.1) is 5.10 Å². The molecule has 8 nitrogen and oxygen atoms in total. The van der Waals surface area contributed by atoms with Crippen LogP contribution in [0.4, 0.5) is 5.69 Å². The summed E-state index contributed by atoms with van der Waals surface area (Å²) in [6, 6.07) is 19.0. The van der Waals surface area contributed by atoms with Gasteiger partial charge in [-0.2, -0.15) is 0 Å². The van der Waals surface area contributed by atoms with Crippen LogP contribution in [0.3, 0.4) is 0 Å². The third kappa shape index (κ3) is 2.86. The van der Waals surface area contributed by atoms with Crippen molar-refractivity contribution in [2.45, 2.75) is 6.54 Å². The molecule has 0 aliphatic heterocycles.